The van der Waals surface area contributed by atoms with Crippen molar-refractivity contribution in [2.75, 3.05) is 12.0 Å². The molecular weight excluding hydrogens is 517 g/mol. The van der Waals surface area contributed by atoms with Gasteiger partial charge in [-0.15, -0.1) is 5.17 Å². The monoisotopic (exact) mass is 548 g/mol. The van der Waals surface area contributed by atoms with Gasteiger partial charge in [-0.2, -0.15) is 11.8 Å². The molecule has 0 saturated carbocycles. The molecule has 9 heteroatoms. The molecule has 3 N–H and O–H groups in total. The molecule has 40 heavy (non-hydrogen) atoms. The van der Waals surface area contributed by atoms with Gasteiger partial charge < -0.3 is 15.3 Å². The van der Waals surface area contributed by atoms with Gasteiger partial charge in [-0.05, 0) is 83.5 Å². The predicted molar refractivity (Wildman–Crippen MR) is 157 cm³/mol. The van der Waals surface area contributed by atoms with E-state index in [-0.39, 0.29) is 18.9 Å². The van der Waals surface area contributed by atoms with Gasteiger partial charge in [0.05, 0.1) is 6.20 Å². The summed E-state index contributed by atoms with van der Waals surface area (Å²) in [5.41, 5.74) is 8.02. The van der Waals surface area contributed by atoms with Gasteiger partial charge in [-0.25, -0.2) is 4.79 Å². The number of carboxylic acids is 1. The van der Waals surface area contributed by atoms with E-state index in [0.717, 1.165) is 27.8 Å². The number of nitrogens with zero attached hydrogens (tertiary/aromatic N) is 1. The van der Waals surface area contributed by atoms with Crippen molar-refractivity contribution in [2.45, 2.75) is 19.4 Å². The molecule has 1 aliphatic rings. The van der Waals surface area contributed by atoms with Crippen LogP contribution in [-0.2, 0) is 4.79 Å². The maximum absolute atomic E-state index is 13.3. The minimum atomic E-state index is -1.04. The van der Waals surface area contributed by atoms with Gasteiger partial charge in [0.15, 0.2) is 5.75 Å². The van der Waals surface area contributed by atoms with E-state index < -0.39 is 17.9 Å². The van der Waals surface area contributed by atoms with E-state index in [9.17, 15) is 14.7 Å². The first-order valence-electron chi connectivity index (χ1n) is 12.5. The van der Waals surface area contributed by atoms with Gasteiger partial charge in [0, 0.05) is 11.8 Å². The Bertz CT molecular complexity index is 1410. The predicted octanol–water partition coefficient (Wildman–Crippen LogP) is 2.83. The fraction of sp³-hybridized carbons (Fsp3) is 0.161. The minimum Gasteiger partial charge on any atom is -0.480 e. The van der Waals surface area contributed by atoms with Crippen molar-refractivity contribution in [1.82, 2.24) is 15.9 Å². The van der Waals surface area contributed by atoms with Gasteiger partial charge in [-0.3, -0.25) is 10.2 Å². The molecule has 0 aromatic heterocycles. The molecule has 0 fully saturated rings. The molecule has 3 aromatic rings. The summed E-state index contributed by atoms with van der Waals surface area (Å²) in [6.45, 7) is 1.99. The Hall–Kier alpha value is -3.83. The number of thioether (sulfide) groups is 1. The SMILES string of the molecule is CSCCC(NC(=O)c1ccc(/C=C/C2=CNN(Oc3ccccc3)C=C2)cc1-c1ccccc1C)C(=O)O.[Li+]. The normalized spacial score (nSPS) is 13.2. The molecule has 1 aliphatic heterocycles. The van der Waals surface area contributed by atoms with Gasteiger partial charge >= 0.3 is 24.8 Å². The number of nitrogens with one attached hydrogen (secondary N) is 2. The molecule has 7 nitrogen and oxygen atoms in total. The standard InChI is InChI=1S/C31H31N3O4S.Li/c1-22-8-6-7-11-26(22)28-20-23(14-15-27(28)30(35)33-29(31(36)37)17-19-39-2)12-13-24-16-18-34(32-21-24)38-25-9-4-3-5-10-25;/h3-16,18,20-21,29,32H,17,19H2,1-2H3,(H,33,35)(H,36,37);/q;+1/b13-12+;. The maximum atomic E-state index is 13.3. The number of para-hydroxylation sites is 1. The Kier molecular flexibility index (Phi) is 11.6. The van der Waals surface area contributed by atoms with Crippen LogP contribution in [0.1, 0.15) is 27.9 Å². The van der Waals surface area contributed by atoms with Gasteiger partial charge in [0.1, 0.15) is 6.04 Å². The van der Waals surface area contributed by atoms with E-state index in [0.29, 0.717) is 23.5 Å². The summed E-state index contributed by atoms with van der Waals surface area (Å²) in [4.78, 5) is 30.7. The average Bonchev–Trinajstić information content (AvgIpc) is 2.95. The number of aryl methyl sites for hydroxylation is 1. The second kappa shape index (κ2) is 15.1. The molecular formula is C31H31LiN3O4S+. The Morgan fingerprint density at radius 3 is 2.48 bits per heavy atom. The van der Waals surface area contributed by atoms with Crippen LogP contribution >= 0.6 is 11.8 Å². The van der Waals surface area contributed by atoms with Gasteiger partial charge in [-0.1, -0.05) is 60.7 Å². The topological polar surface area (TPSA) is 90.9 Å². The summed E-state index contributed by atoms with van der Waals surface area (Å²) in [5, 5.41) is 13.8. The zero-order chi connectivity index (χ0) is 27.6. The van der Waals surface area contributed by atoms with E-state index in [2.05, 4.69) is 10.7 Å². The van der Waals surface area contributed by atoms with E-state index in [1.807, 2.05) is 104 Å². The van der Waals surface area contributed by atoms with Gasteiger partial charge in [0.2, 0.25) is 0 Å². The number of hydroxylamine groups is 1. The number of rotatable bonds is 11. The number of carbonyl (C=O) groups excluding carboxylic acids is 1. The maximum Gasteiger partial charge on any atom is 1.00 e. The number of hydrogen-bond donors (Lipinski definition) is 3. The second-order valence-corrected chi connectivity index (χ2v) is 9.90. The number of carboxylic acid groups (broad SMARTS) is 1. The Morgan fingerprint density at radius 1 is 1.05 bits per heavy atom. The van der Waals surface area contributed by atoms with Crippen LogP contribution in [-0.4, -0.2) is 40.2 Å². The van der Waals surface area contributed by atoms with Crippen molar-refractivity contribution in [2.24, 2.45) is 0 Å². The van der Waals surface area contributed by atoms with Crippen LogP contribution < -0.4 is 34.4 Å². The van der Waals surface area contributed by atoms with Crippen molar-refractivity contribution in [3.05, 3.63) is 120 Å². The molecule has 0 aliphatic carbocycles. The molecule has 0 spiro atoms. The zero-order valence-corrected chi connectivity index (χ0v) is 23.7. The van der Waals surface area contributed by atoms with Crippen molar-refractivity contribution in [3.63, 3.8) is 0 Å². The third-order valence-corrected chi connectivity index (χ3v) is 6.76. The Labute approximate surface area is 251 Å². The van der Waals surface area contributed by atoms with Crippen molar-refractivity contribution in [1.29, 1.82) is 0 Å². The fourth-order valence-electron chi connectivity index (χ4n) is 4.02. The summed E-state index contributed by atoms with van der Waals surface area (Å²) in [6.07, 6.45) is 11.7. The quantitative estimate of drug-likeness (QED) is 0.318. The summed E-state index contributed by atoms with van der Waals surface area (Å²) < 4.78 is 0. The number of amides is 1. The Balaban J connectivity index is 0.00000441. The second-order valence-electron chi connectivity index (χ2n) is 8.92. The molecule has 200 valence electrons. The van der Waals surface area contributed by atoms with Crippen LogP contribution in [0.15, 0.2) is 103 Å². The number of carbonyl (C=O) groups is 2. The number of allylic oxidation sites excluding steroid dienone is 3. The first-order valence-corrected chi connectivity index (χ1v) is 13.9. The van der Waals surface area contributed by atoms with E-state index in [1.54, 1.807) is 24.0 Å². The van der Waals surface area contributed by atoms with Crippen LogP contribution in [0, 0.1) is 6.92 Å². The number of aliphatic carboxylic acids is 1. The van der Waals surface area contributed by atoms with Crippen LogP contribution in [0.5, 0.6) is 5.75 Å². The Morgan fingerprint density at radius 2 is 1.80 bits per heavy atom. The first-order chi connectivity index (χ1) is 18.9. The smallest absolute Gasteiger partial charge is 0.480 e. The number of hydrogen-bond acceptors (Lipinski definition) is 6. The largest absolute Gasteiger partial charge is 1.00 e. The minimum absolute atomic E-state index is 0. The van der Waals surface area contributed by atoms with Crippen molar-refractivity contribution >= 4 is 29.7 Å². The van der Waals surface area contributed by atoms with Crippen molar-refractivity contribution in [3.8, 4) is 16.9 Å². The third kappa shape index (κ3) is 8.33. The average molecular weight is 549 g/mol. The fourth-order valence-corrected chi connectivity index (χ4v) is 4.49. The number of benzene rings is 3. The zero-order valence-electron chi connectivity index (χ0n) is 22.8. The van der Waals surface area contributed by atoms with Crippen LogP contribution in [0.3, 0.4) is 0 Å². The summed E-state index contributed by atoms with van der Waals surface area (Å²) >= 11 is 1.55. The van der Waals surface area contributed by atoms with E-state index in [1.165, 1.54) is 5.17 Å². The third-order valence-electron chi connectivity index (χ3n) is 6.11. The molecule has 0 bridgehead atoms. The summed E-state index contributed by atoms with van der Waals surface area (Å²) in [5.74, 6) is -0.0858. The molecule has 1 atom stereocenters. The molecule has 1 unspecified atom stereocenters. The molecule has 1 amide bonds. The van der Waals surface area contributed by atoms with Crippen LogP contribution in [0.4, 0.5) is 0 Å². The summed E-state index contributed by atoms with van der Waals surface area (Å²) in [7, 11) is 0. The van der Waals surface area contributed by atoms with E-state index in [4.69, 9.17) is 4.84 Å². The first kappa shape index (κ1) is 30.7. The van der Waals surface area contributed by atoms with Crippen LogP contribution in [0.25, 0.3) is 17.2 Å². The molecule has 0 radical (unpaired) electrons. The summed E-state index contributed by atoms with van der Waals surface area (Å²) in [6, 6.07) is 21.9. The molecule has 3 aromatic carbocycles. The van der Waals surface area contributed by atoms with Crippen molar-refractivity contribution < 1.29 is 38.4 Å². The van der Waals surface area contributed by atoms with Crippen LogP contribution in [0.2, 0.25) is 0 Å². The van der Waals surface area contributed by atoms with Gasteiger partial charge in [0.25, 0.3) is 5.91 Å². The number of hydrazine groups is 1. The molecule has 0 saturated heterocycles. The molecule has 4 rings (SSSR count). The van der Waals surface area contributed by atoms with E-state index >= 15 is 0 Å². The molecule has 1 heterocycles.